The van der Waals surface area contributed by atoms with Crippen molar-refractivity contribution in [3.05, 3.63) is 33.9 Å². The van der Waals surface area contributed by atoms with Gasteiger partial charge in [0.2, 0.25) is 10.0 Å². The molecule has 0 heterocycles. The Morgan fingerprint density at radius 1 is 1.40 bits per heavy atom. The summed E-state index contributed by atoms with van der Waals surface area (Å²) in [5.41, 5.74) is -0.198. The summed E-state index contributed by atoms with van der Waals surface area (Å²) >= 11 is 0. The quantitative estimate of drug-likeness (QED) is 0.626. The Kier molecular flexibility index (Phi) is 4.20. The summed E-state index contributed by atoms with van der Waals surface area (Å²) in [4.78, 5) is 9.36. The lowest BCUT2D eigenvalue weighted by Gasteiger charge is -2.01. The first-order valence-electron chi connectivity index (χ1n) is 3.61. The van der Waals surface area contributed by atoms with Crippen molar-refractivity contribution in [1.82, 2.24) is 0 Å². The molecule has 0 aliphatic heterocycles. The maximum atomic E-state index is 11.0. The molecule has 8 heteroatoms. The minimum atomic E-state index is -4.04. The van der Waals surface area contributed by atoms with Crippen LogP contribution in [0.25, 0.3) is 0 Å². The van der Waals surface area contributed by atoms with Gasteiger partial charge in [-0.1, -0.05) is 12.1 Å². The molecule has 6 nitrogen and oxygen atoms in total. The van der Waals surface area contributed by atoms with Crippen molar-refractivity contribution in [2.75, 3.05) is 0 Å². The van der Waals surface area contributed by atoms with E-state index in [-0.39, 0.29) is 18.0 Å². The number of para-hydroxylation sites is 1. The van der Waals surface area contributed by atoms with Gasteiger partial charge >= 0.3 is 0 Å². The van der Waals surface area contributed by atoms with Crippen molar-refractivity contribution in [1.29, 1.82) is 0 Å². The van der Waals surface area contributed by atoms with Crippen LogP contribution in [0.4, 0.5) is 5.69 Å². The van der Waals surface area contributed by atoms with Crippen LogP contribution in [-0.2, 0) is 10.0 Å². The molecule has 0 aromatic heterocycles. The van der Waals surface area contributed by atoms with Gasteiger partial charge in [-0.05, 0) is 13.0 Å². The molecule has 1 aromatic carbocycles. The molecule has 1 aromatic rings. The fraction of sp³-hybridized carbons (Fsp3) is 0.143. The van der Waals surface area contributed by atoms with Gasteiger partial charge in [-0.3, -0.25) is 10.1 Å². The summed E-state index contributed by atoms with van der Waals surface area (Å²) in [6, 6.07) is 3.97. The highest BCUT2D eigenvalue weighted by Gasteiger charge is 2.24. The number of hydrogen-bond acceptors (Lipinski definition) is 4. The highest BCUT2D eigenvalue weighted by molar-refractivity contribution is 7.89. The number of primary sulfonamides is 1. The lowest BCUT2D eigenvalue weighted by atomic mass is 10.2. The second-order valence-corrected chi connectivity index (χ2v) is 4.25. The molecular weight excluding hydrogens is 244 g/mol. The summed E-state index contributed by atoms with van der Waals surface area (Å²) in [7, 11) is -4.04. The van der Waals surface area contributed by atoms with E-state index in [1.54, 1.807) is 0 Å². The molecule has 0 aliphatic carbocycles. The SMILES string of the molecule is Cc1cccc(S(N)(=O)=O)c1[N+](=O)[O-].Cl. The van der Waals surface area contributed by atoms with Crippen molar-refractivity contribution in [2.24, 2.45) is 5.14 Å². The van der Waals surface area contributed by atoms with Crippen molar-refractivity contribution in [3.8, 4) is 0 Å². The highest BCUT2D eigenvalue weighted by Crippen LogP contribution is 2.25. The van der Waals surface area contributed by atoms with Gasteiger partial charge in [0.15, 0.2) is 4.90 Å². The molecule has 2 N–H and O–H groups in total. The maximum absolute atomic E-state index is 11.0. The van der Waals surface area contributed by atoms with E-state index in [0.717, 1.165) is 6.07 Å². The van der Waals surface area contributed by atoms with Crippen molar-refractivity contribution < 1.29 is 13.3 Å². The summed E-state index contributed by atoms with van der Waals surface area (Å²) in [6.07, 6.45) is 0. The molecule has 0 saturated carbocycles. The number of rotatable bonds is 2. The number of halogens is 1. The van der Waals surface area contributed by atoms with Crippen LogP contribution in [0.1, 0.15) is 5.56 Å². The van der Waals surface area contributed by atoms with E-state index in [4.69, 9.17) is 5.14 Å². The molecular formula is C7H9ClN2O4S. The van der Waals surface area contributed by atoms with Gasteiger partial charge in [0.25, 0.3) is 5.69 Å². The van der Waals surface area contributed by atoms with E-state index in [0.29, 0.717) is 0 Å². The van der Waals surface area contributed by atoms with Crippen LogP contribution < -0.4 is 5.14 Å². The van der Waals surface area contributed by atoms with Gasteiger partial charge in [0.1, 0.15) is 0 Å². The van der Waals surface area contributed by atoms with E-state index >= 15 is 0 Å². The Bertz CT molecular complexity index is 486. The third kappa shape index (κ3) is 2.88. The molecule has 0 bridgehead atoms. The Balaban J connectivity index is 0.00000196. The average molecular weight is 253 g/mol. The van der Waals surface area contributed by atoms with E-state index in [1.807, 2.05) is 0 Å². The van der Waals surface area contributed by atoms with E-state index in [9.17, 15) is 18.5 Å². The van der Waals surface area contributed by atoms with Crippen LogP contribution in [0, 0.1) is 17.0 Å². The van der Waals surface area contributed by atoms with E-state index in [2.05, 4.69) is 0 Å². The molecule has 0 saturated heterocycles. The van der Waals surface area contributed by atoms with Gasteiger partial charge in [0, 0.05) is 5.56 Å². The smallest absolute Gasteiger partial charge is 0.258 e. The second kappa shape index (κ2) is 4.56. The van der Waals surface area contributed by atoms with Gasteiger partial charge < -0.3 is 0 Å². The predicted octanol–water partition coefficient (Wildman–Crippen LogP) is 0.972. The van der Waals surface area contributed by atoms with Gasteiger partial charge in [-0.25, -0.2) is 13.6 Å². The summed E-state index contributed by atoms with van der Waals surface area (Å²) < 4.78 is 22.0. The molecule has 0 unspecified atom stereocenters. The van der Waals surface area contributed by atoms with E-state index < -0.39 is 25.5 Å². The average Bonchev–Trinajstić information content (AvgIpc) is 2.01. The zero-order valence-electron chi connectivity index (χ0n) is 7.71. The number of nitrogens with two attached hydrogens (primary N) is 1. The first-order valence-corrected chi connectivity index (χ1v) is 5.15. The molecule has 0 fully saturated rings. The van der Waals surface area contributed by atoms with Gasteiger partial charge in [0.05, 0.1) is 4.92 Å². The third-order valence-corrected chi connectivity index (χ3v) is 2.63. The molecule has 0 atom stereocenters. The zero-order valence-corrected chi connectivity index (χ0v) is 9.34. The molecule has 1 rings (SSSR count). The fourth-order valence-corrected chi connectivity index (χ4v) is 1.87. The first-order chi connectivity index (χ1) is 6.34. The lowest BCUT2D eigenvalue weighted by molar-refractivity contribution is -0.388. The molecule has 0 radical (unpaired) electrons. The van der Waals surface area contributed by atoms with Crippen molar-refractivity contribution in [2.45, 2.75) is 11.8 Å². The Hall–Kier alpha value is -1.18. The van der Waals surface area contributed by atoms with Crippen LogP contribution in [0.15, 0.2) is 23.1 Å². The van der Waals surface area contributed by atoms with Crippen LogP contribution in [0.5, 0.6) is 0 Å². The first kappa shape index (κ1) is 13.8. The number of nitrogens with zero attached hydrogens (tertiary/aromatic N) is 1. The largest absolute Gasteiger partial charge is 0.292 e. The molecule has 0 aliphatic rings. The van der Waals surface area contributed by atoms with Crippen molar-refractivity contribution in [3.63, 3.8) is 0 Å². The normalized spacial score (nSPS) is 10.5. The summed E-state index contributed by atoms with van der Waals surface area (Å²) in [6.45, 7) is 1.45. The monoisotopic (exact) mass is 252 g/mol. The van der Waals surface area contributed by atoms with Crippen LogP contribution in [-0.4, -0.2) is 13.3 Å². The third-order valence-electron chi connectivity index (χ3n) is 1.69. The van der Waals surface area contributed by atoms with E-state index in [1.165, 1.54) is 19.1 Å². The van der Waals surface area contributed by atoms with Gasteiger partial charge in [-0.15, -0.1) is 12.4 Å². The number of sulfonamides is 1. The van der Waals surface area contributed by atoms with Gasteiger partial charge in [-0.2, -0.15) is 0 Å². The fourth-order valence-electron chi connectivity index (χ4n) is 1.10. The highest BCUT2D eigenvalue weighted by atomic mass is 35.5. The molecule has 0 spiro atoms. The Labute approximate surface area is 92.7 Å². The molecule has 84 valence electrons. The summed E-state index contributed by atoms with van der Waals surface area (Å²) in [5, 5.41) is 15.4. The Morgan fingerprint density at radius 2 is 1.93 bits per heavy atom. The molecule has 0 amide bonds. The second-order valence-electron chi connectivity index (χ2n) is 2.72. The van der Waals surface area contributed by atoms with Crippen LogP contribution in [0.3, 0.4) is 0 Å². The van der Waals surface area contributed by atoms with Crippen molar-refractivity contribution >= 4 is 28.1 Å². The predicted molar refractivity (Wildman–Crippen MR) is 56.5 cm³/mol. The number of aryl methyl sites for hydroxylation is 1. The topological polar surface area (TPSA) is 103 Å². The number of nitro benzene ring substituents is 1. The van der Waals surface area contributed by atoms with Crippen LogP contribution >= 0.6 is 12.4 Å². The number of benzene rings is 1. The Morgan fingerprint density at radius 3 is 2.27 bits per heavy atom. The minimum Gasteiger partial charge on any atom is -0.258 e. The van der Waals surface area contributed by atoms with Crippen LogP contribution in [0.2, 0.25) is 0 Å². The molecule has 15 heavy (non-hydrogen) atoms. The number of hydrogen-bond donors (Lipinski definition) is 1. The minimum absolute atomic E-state index is 0. The maximum Gasteiger partial charge on any atom is 0.292 e. The zero-order chi connectivity index (χ0) is 10.9. The standard InChI is InChI=1S/C7H8N2O4S.ClH/c1-5-3-2-4-6(14(8,12)13)7(5)9(10)11;/h2-4H,1H3,(H2,8,12,13);1H. The number of nitro groups is 1. The lowest BCUT2D eigenvalue weighted by Crippen LogP contribution is -2.14. The summed E-state index contributed by atoms with van der Waals surface area (Å²) in [5.74, 6) is 0.